The highest BCUT2D eigenvalue weighted by Gasteiger charge is 2.26. The van der Waals surface area contributed by atoms with E-state index in [9.17, 15) is 9.59 Å². The lowest BCUT2D eigenvalue weighted by atomic mass is 10.2. The third-order valence-electron chi connectivity index (χ3n) is 1.79. The van der Waals surface area contributed by atoms with E-state index in [1.165, 1.54) is 6.92 Å². The Kier molecular flexibility index (Phi) is 3.84. The van der Waals surface area contributed by atoms with E-state index in [2.05, 4.69) is 5.32 Å². The van der Waals surface area contributed by atoms with Gasteiger partial charge < -0.3 is 19.9 Å². The summed E-state index contributed by atoms with van der Waals surface area (Å²) >= 11 is 0. The third-order valence-corrected chi connectivity index (χ3v) is 1.79. The van der Waals surface area contributed by atoms with Crippen LogP contribution in [0.2, 0.25) is 0 Å². The minimum absolute atomic E-state index is 0.134. The molecule has 0 spiro atoms. The number of hydrogen-bond acceptors (Lipinski definition) is 4. The Morgan fingerprint density at radius 3 is 2.50 bits per heavy atom. The number of carboxylic acid groups (broad SMARTS) is 1. The van der Waals surface area contributed by atoms with E-state index in [0.29, 0.717) is 13.2 Å². The molecule has 1 saturated heterocycles. The number of carbonyl (C=O) groups excluding carboxylic acids is 1. The maximum atomic E-state index is 10.7. The molecule has 1 aliphatic rings. The minimum atomic E-state index is -1.08. The summed E-state index contributed by atoms with van der Waals surface area (Å²) in [7, 11) is 0. The fourth-order valence-electron chi connectivity index (χ4n) is 1.20. The van der Waals surface area contributed by atoms with Crippen molar-refractivity contribution in [2.45, 2.75) is 25.7 Å². The summed E-state index contributed by atoms with van der Waals surface area (Å²) in [5.74, 6) is -1.46. The molecule has 0 saturated carbocycles. The summed E-state index contributed by atoms with van der Waals surface area (Å²) in [5.41, 5.74) is 0. The molecule has 2 N–H and O–H groups in total. The van der Waals surface area contributed by atoms with Gasteiger partial charge in [-0.1, -0.05) is 0 Å². The fourth-order valence-corrected chi connectivity index (χ4v) is 1.20. The first-order valence-electron chi connectivity index (χ1n) is 4.32. The van der Waals surface area contributed by atoms with E-state index in [0.717, 1.165) is 0 Å². The topological polar surface area (TPSA) is 84.9 Å². The Morgan fingerprint density at radius 2 is 2.07 bits per heavy atom. The summed E-state index contributed by atoms with van der Waals surface area (Å²) in [4.78, 5) is 21.4. The average molecular weight is 203 g/mol. The smallest absolute Gasteiger partial charge is 0.326 e. The lowest BCUT2D eigenvalue weighted by molar-refractivity contribution is -0.144. The highest BCUT2D eigenvalue weighted by molar-refractivity contribution is 5.82. The summed E-state index contributed by atoms with van der Waals surface area (Å²) in [6, 6.07) is -0.949. The standard InChI is InChI=1S/C8H13NO5/c1-5(10)9-6(8(11)12)4-7-13-2-3-14-7/h6-7H,2-4H2,1H3,(H,9,10)(H,11,12). The van der Waals surface area contributed by atoms with Crippen molar-refractivity contribution >= 4 is 11.9 Å². The quantitative estimate of drug-likeness (QED) is 0.633. The Balaban J connectivity index is 2.41. The molecule has 1 heterocycles. The van der Waals surface area contributed by atoms with Crippen molar-refractivity contribution in [2.75, 3.05) is 13.2 Å². The Bertz CT molecular complexity index is 224. The molecule has 1 fully saturated rings. The van der Waals surface area contributed by atoms with Gasteiger partial charge in [0, 0.05) is 13.3 Å². The number of amides is 1. The van der Waals surface area contributed by atoms with Crippen molar-refractivity contribution in [2.24, 2.45) is 0 Å². The number of rotatable bonds is 4. The first-order valence-corrected chi connectivity index (χ1v) is 4.32. The van der Waals surface area contributed by atoms with E-state index < -0.39 is 18.3 Å². The molecular formula is C8H13NO5. The van der Waals surface area contributed by atoms with Crippen LogP contribution in [0.15, 0.2) is 0 Å². The number of ether oxygens (including phenoxy) is 2. The summed E-state index contributed by atoms with van der Waals surface area (Å²) in [5, 5.41) is 11.1. The van der Waals surface area contributed by atoms with Gasteiger partial charge in [-0.3, -0.25) is 4.79 Å². The second kappa shape index (κ2) is 4.92. The van der Waals surface area contributed by atoms with Crippen molar-refractivity contribution in [3.05, 3.63) is 0 Å². The highest BCUT2D eigenvalue weighted by atomic mass is 16.7. The van der Waals surface area contributed by atoms with E-state index in [1.807, 2.05) is 0 Å². The van der Waals surface area contributed by atoms with Gasteiger partial charge in [0.2, 0.25) is 5.91 Å². The van der Waals surface area contributed by atoms with Crippen LogP contribution in [0.3, 0.4) is 0 Å². The van der Waals surface area contributed by atoms with Crippen LogP contribution < -0.4 is 5.32 Å². The SMILES string of the molecule is CC(=O)NC(CC1OCCO1)C(=O)O. The van der Waals surface area contributed by atoms with E-state index >= 15 is 0 Å². The Labute approximate surface area is 81.2 Å². The first kappa shape index (κ1) is 10.9. The van der Waals surface area contributed by atoms with E-state index in [4.69, 9.17) is 14.6 Å². The Hall–Kier alpha value is -1.14. The van der Waals surface area contributed by atoms with Crippen molar-refractivity contribution in [1.29, 1.82) is 0 Å². The van der Waals surface area contributed by atoms with Crippen LogP contribution >= 0.6 is 0 Å². The molecule has 1 unspecified atom stereocenters. The molecule has 1 atom stereocenters. The van der Waals surface area contributed by atoms with Gasteiger partial charge in [-0.15, -0.1) is 0 Å². The predicted molar refractivity (Wildman–Crippen MR) is 45.5 cm³/mol. The number of hydrogen-bond donors (Lipinski definition) is 2. The number of carboxylic acids is 1. The van der Waals surface area contributed by atoms with Crippen molar-refractivity contribution in [3.63, 3.8) is 0 Å². The van der Waals surface area contributed by atoms with Crippen LogP contribution in [0.4, 0.5) is 0 Å². The van der Waals surface area contributed by atoms with Crippen LogP contribution in [0.1, 0.15) is 13.3 Å². The monoisotopic (exact) mass is 203 g/mol. The second-order valence-electron chi connectivity index (χ2n) is 3.00. The van der Waals surface area contributed by atoms with Crippen molar-refractivity contribution in [3.8, 4) is 0 Å². The molecule has 1 rings (SSSR count). The fraction of sp³-hybridized carbons (Fsp3) is 0.750. The molecule has 6 nitrogen and oxygen atoms in total. The summed E-state index contributed by atoms with van der Waals surface area (Å²) in [6.07, 6.45) is -0.391. The number of aliphatic carboxylic acids is 1. The molecule has 0 aromatic heterocycles. The molecule has 0 radical (unpaired) electrons. The van der Waals surface area contributed by atoms with Gasteiger partial charge in [-0.05, 0) is 0 Å². The summed E-state index contributed by atoms with van der Waals surface area (Å²) < 4.78 is 10.2. The normalized spacial score (nSPS) is 19.2. The van der Waals surface area contributed by atoms with Crippen molar-refractivity contribution < 1.29 is 24.2 Å². The van der Waals surface area contributed by atoms with Crippen LogP contribution in [-0.4, -0.2) is 42.5 Å². The molecule has 0 bridgehead atoms. The van der Waals surface area contributed by atoms with Crippen LogP contribution in [0.5, 0.6) is 0 Å². The van der Waals surface area contributed by atoms with Crippen LogP contribution in [-0.2, 0) is 19.1 Å². The predicted octanol–water partition coefficient (Wildman–Crippen LogP) is -0.661. The zero-order valence-corrected chi connectivity index (χ0v) is 7.86. The lowest BCUT2D eigenvalue weighted by Crippen LogP contribution is -2.42. The summed E-state index contributed by atoms with van der Waals surface area (Å²) in [6.45, 7) is 2.21. The van der Waals surface area contributed by atoms with Crippen molar-refractivity contribution in [1.82, 2.24) is 5.32 Å². The van der Waals surface area contributed by atoms with Gasteiger partial charge in [0.15, 0.2) is 6.29 Å². The van der Waals surface area contributed by atoms with E-state index in [1.54, 1.807) is 0 Å². The minimum Gasteiger partial charge on any atom is -0.480 e. The maximum absolute atomic E-state index is 10.7. The highest BCUT2D eigenvalue weighted by Crippen LogP contribution is 2.10. The van der Waals surface area contributed by atoms with Gasteiger partial charge in [-0.2, -0.15) is 0 Å². The molecular weight excluding hydrogens is 190 g/mol. The van der Waals surface area contributed by atoms with Gasteiger partial charge >= 0.3 is 5.97 Å². The molecule has 6 heteroatoms. The molecule has 1 aliphatic heterocycles. The average Bonchev–Trinajstić information content (AvgIpc) is 2.54. The van der Waals surface area contributed by atoms with Gasteiger partial charge in [0.25, 0.3) is 0 Å². The Morgan fingerprint density at radius 1 is 1.50 bits per heavy atom. The molecule has 0 aromatic rings. The first-order chi connectivity index (χ1) is 6.59. The zero-order chi connectivity index (χ0) is 10.6. The van der Waals surface area contributed by atoms with Crippen LogP contribution in [0.25, 0.3) is 0 Å². The molecule has 14 heavy (non-hydrogen) atoms. The zero-order valence-electron chi connectivity index (χ0n) is 7.86. The molecule has 1 amide bonds. The second-order valence-corrected chi connectivity index (χ2v) is 3.00. The maximum Gasteiger partial charge on any atom is 0.326 e. The lowest BCUT2D eigenvalue weighted by Gasteiger charge is -2.16. The number of carbonyl (C=O) groups is 2. The molecule has 80 valence electrons. The number of nitrogens with one attached hydrogen (secondary N) is 1. The largest absolute Gasteiger partial charge is 0.480 e. The third kappa shape index (κ3) is 3.31. The molecule has 0 aromatic carbocycles. The van der Waals surface area contributed by atoms with Crippen LogP contribution in [0, 0.1) is 0 Å². The van der Waals surface area contributed by atoms with Gasteiger partial charge in [0.1, 0.15) is 6.04 Å². The van der Waals surface area contributed by atoms with Gasteiger partial charge in [-0.25, -0.2) is 4.79 Å². The molecule has 0 aliphatic carbocycles. The van der Waals surface area contributed by atoms with E-state index in [-0.39, 0.29) is 12.3 Å². The van der Waals surface area contributed by atoms with Gasteiger partial charge in [0.05, 0.1) is 13.2 Å².